The molecule has 0 unspecified atom stereocenters. The molecule has 3 aromatic rings. The number of hydrogen-bond acceptors (Lipinski definition) is 4. The van der Waals surface area contributed by atoms with Crippen molar-refractivity contribution in [3.63, 3.8) is 0 Å². The molecule has 0 aromatic heterocycles. The molecule has 1 heterocycles. The molecule has 6 heteroatoms. The summed E-state index contributed by atoms with van der Waals surface area (Å²) < 4.78 is 0. The van der Waals surface area contributed by atoms with Crippen LogP contribution in [0.1, 0.15) is 18.1 Å². The monoisotopic (exact) mass is 448 g/mol. The zero-order chi connectivity index (χ0) is 22.0. The Bertz CT molecular complexity index is 1190. The van der Waals surface area contributed by atoms with E-state index in [1.807, 2.05) is 55.5 Å². The number of rotatable bonds is 6. The van der Waals surface area contributed by atoms with E-state index in [0.29, 0.717) is 15.6 Å². The van der Waals surface area contributed by atoms with Gasteiger partial charge < -0.3 is 5.32 Å². The Hall–Kier alpha value is -3.02. The highest BCUT2D eigenvalue weighted by Crippen LogP contribution is 2.38. The van der Waals surface area contributed by atoms with Gasteiger partial charge in [-0.1, -0.05) is 72.2 Å². The zero-order valence-electron chi connectivity index (χ0n) is 17.2. The summed E-state index contributed by atoms with van der Waals surface area (Å²) in [6.07, 6.45) is 0.803. The normalized spacial score (nSPS) is 13.8. The molecule has 1 aliphatic heterocycles. The maximum absolute atomic E-state index is 13.4. The average molecular weight is 449 g/mol. The van der Waals surface area contributed by atoms with Gasteiger partial charge in [0, 0.05) is 15.6 Å². The number of nitrogens with zero attached hydrogens (tertiary/aromatic N) is 1. The van der Waals surface area contributed by atoms with Crippen molar-refractivity contribution >= 4 is 46.6 Å². The number of nitrogens with one attached hydrogen (secondary N) is 1. The lowest BCUT2D eigenvalue weighted by molar-refractivity contribution is -0.120. The maximum Gasteiger partial charge on any atom is 0.283 e. The third kappa shape index (κ3) is 4.38. The SMILES string of the molecule is CCc1ccccc1NC1=C(Sc2ccc(C)cc2)C(=O)N(c2cccc(Cl)c2)C1=O. The number of amides is 2. The van der Waals surface area contributed by atoms with Gasteiger partial charge in [-0.15, -0.1) is 0 Å². The summed E-state index contributed by atoms with van der Waals surface area (Å²) in [7, 11) is 0. The summed E-state index contributed by atoms with van der Waals surface area (Å²) in [6.45, 7) is 4.06. The highest BCUT2D eigenvalue weighted by atomic mass is 35.5. The minimum absolute atomic E-state index is 0.274. The summed E-state index contributed by atoms with van der Waals surface area (Å²) in [4.78, 5) is 29.2. The van der Waals surface area contributed by atoms with Crippen LogP contribution in [0.25, 0.3) is 0 Å². The van der Waals surface area contributed by atoms with E-state index in [4.69, 9.17) is 11.6 Å². The van der Waals surface area contributed by atoms with E-state index < -0.39 is 5.91 Å². The summed E-state index contributed by atoms with van der Waals surface area (Å²) in [5.74, 6) is -0.762. The van der Waals surface area contributed by atoms with Crippen LogP contribution in [0.5, 0.6) is 0 Å². The number of anilines is 2. The smallest absolute Gasteiger partial charge is 0.283 e. The fourth-order valence-corrected chi connectivity index (χ4v) is 4.49. The number of hydrogen-bond donors (Lipinski definition) is 1. The van der Waals surface area contributed by atoms with Crippen molar-refractivity contribution in [2.45, 2.75) is 25.2 Å². The summed E-state index contributed by atoms with van der Waals surface area (Å²) in [5.41, 5.74) is 3.73. The lowest BCUT2D eigenvalue weighted by Crippen LogP contribution is -2.32. The molecule has 0 saturated carbocycles. The third-order valence-electron chi connectivity index (χ3n) is 5.01. The molecule has 4 rings (SSSR count). The van der Waals surface area contributed by atoms with E-state index in [-0.39, 0.29) is 11.6 Å². The standard InChI is InChI=1S/C25H21ClN2O2S/c1-3-17-7-4-5-10-21(17)27-22-23(31-20-13-11-16(2)12-14-20)25(30)28(24(22)29)19-9-6-8-18(26)15-19/h4-15,27H,3H2,1-2H3. The largest absolute Gasteiger partial charge is 0.350 e. The fraction of sp³-hybridized carbons (Fsp3) is 0.120. The van der Waals surface area contributed by atoms with Crippen molar-refractivity contribution in [1.82, 2.24) is 0 Å². The van der Waals surface area contributed by atoms with Crippen LogP contribution in [0.2, 0.25) is 5.02 Å². The first kappa shape index (κ1) is 21.2. The summed E-state index contributed by atoms with van der Waals surface area (Å²) in [5, 5.41) is 3.71. The number of aryl methyl sites for hydroxylation is 2. The minimum atomic E-state index is -0.396. The molecule has 0 saturated heterocycles. The van der Waals surface area contributed by atoms with Gasteiger partial charge in [0.15, 0.2) is 0 Å². The van der Waals surface area contributed by atoms with E-state index in [1.54, 1.807) is 24.3 Å². The lowest BCUT2D eigenvalue weighted by atomic mass is 10.1. The number of para-hydroxylation sites is 1. The average Bonchev–Trinajstić information content (AvgIpc) is 2.99. The number of halogens is 1. The van der Waals surface area contributed by atoms with Crippen LogP contribution in [0.15, 0.2) is 88.3 Å². The van der Waals surface area contributed by atoms with Gasteiger partial charge in [-0.05, 0) is 55.3 Å². The molecule has 0 radical (unpaired) electrons. The number of thioether (sulfide) groups is 1. The Kier molecular flexibility index (Phi) is 6.16. The van der Waals surface area contributed by atoms with E-state index in [1.165, 1.54) is 16.7 Å². The molecule has 0 aliphatic carbocycles. The highest BCUT2D eigenvalue weighted by molar-refractivity contribution is 8.04. The second kappa shape index (κ2) is 9.00. The van der Waals surface area contributed by atoms with Gasteiger partial charge >= 0.3 is 0 Å². The van der Waals surface area contributed by atoms with Gasteiger partial charge in [0.1, 0.15) is 10.6 Å². The Morgan fingerprint density at radius 2 is 1.68 bits per heavy atom. The lowest BCUT2D eigenvalue weighted by Gasteiger charge is -2.16. The third-order valence-corrected chi connectivity index (χ3v) is 6.33. The van der Waals surface area contributed by atoms with Crippen LogP contribution < -0.4 is 10.2 Å². The number of carbonyl (C=O) groups is 2. The molecule has 0 bridgehead atoms. The maximum atomic E-state index is 13.4. The van der Waals surface area contributed by atoms with Crippen LogP contribution in [-0.4, -0.2) is 11.8 Å². The van der Waals surface area contributed by atoms with Crippen LogP contribution in [0.3, 0.4) is 0 Å². The molecule has 2 amide bonds. The predicted molar refractivity (Wildman–Crippen MR) is 127 cm³/mol. The molecule has 1 N–H and O–H groups in total. The van der Waals surface area contributed by atoms with Crippen LogP contribution >= 0.6 is 23.4 Å². The zero-order valence-corrected chi connectivity index (χ0v) is 18.8. The first-order valence-electron chi connectivity index (χ1n) is 9.96. The molecule has 31 heavy (non-hydrogen) atoms. The van der Waals surface area contributed by atoms with Gasteiger partial charge in [0.2, 0.25) is 0 Å². The van der Waals surface area contributed by atoms with E-state index in [0.717, 1.165) is 28.1 Å². The second-order valence-corrected chi connectivity index (χ2v) is 8.70. The van der Waals surface area contributed by atoms with Crippen LogP contribution in [-0.2, 0) is 16.0 Å². The molecule has 156 valence electrons. The van der Waals surface area contributed by atoms with E-state index in [2.05, 4.69) is 12.2 Å². The van der Waals surface area contributed by atoms with Crippen LogP contribution in [0, 0.1) is 6.92 Å². The van der Waals surface area contributed by atoms with Crippen molar-refractivity contribution in [2.75, 3.05) is 10.2 Å². The minimum Gasteiger partial charge on any atom is -0.350 e. The predicted octanol–water partition coefficient (Wildman–Crippen LogP) is 6.20. The first-order valence-corrected chi connectivity index (χ1v) is 11.2. The molecule has 3 aromatic carbocycles. The van der Waals surface area contributed by atoms with E-state index >= 15 is 0 Å². The quantitative estimate of drug-likeness (QED) is 0.456. The van der Waals surface area contributed by atoms with Gasteiger partial charge in [0.05, 0.1) is 5.69 Å². The number of imide groups is 1. The fourth-order valence-electron chi connectivity index (χ4n) is 3.37. The topological polar surface area (TPSA) is 49.4 Å². The van der Waals surface area contributed by atoms with Crippen molar-refractivity contribution in [2.24, 2.45) is 0 Å². The summed E-state index contributed by atoms with van der Waals surface area (Å²) >= 11 is 7.41. The van der Waals surface area contributed by atoms with Crippen molar-refractivity contribution in [3.8, 4) is 0 Å². The molecular formula is C25H21ClN2O2S. The Labute approximate surface area is 190 Å². The Balaban J connectivity index is 1.77. The molecule has 0 atom stereocenters. The van der Waals surface area contributed by atoms with E-state index in [9.17, 15) is 9.59 Å². The summed E-state index contributed by atoms with van der Waals surface area (Å²) in [6, 6.07) is 22.4. The van der Waals surface area contributed by atoms with Gasteiger partial charge in [0.25, 0.3) is 11.8 Å². The van der Waals surface area contributed by atoms with Crippen molar-refractivity contribution < 1.29 is 9.59 Å². The van der Waals surface area contributed by atoms with Gasteiger partial charge in [-0.25, -0.2) is 4.90 Å². The molecule has 0 spiro atoms. The van der Waals surface area contributed by atoms with Crippen LogP contribution in [0.4, 0.5) is 11.4 Å². The second-order valence-electron chi connectivity index (χ2n) is 7.18. The first-order chi connectivity index (χ1) is 15.0. The van der Waals surface area contributed by atoms with Gasteiger partial charge in [-0.2, -0.15) is 0 Å². The number of carbonyl (C=O) groups excluding carboxylic acids is 2. The molecule has 1 aliphatic rings. The highest BCUT2D eigenvalue weighted by Gasteiger charge is 2.40. The van der Waals surface area contributed by atoms with Crippen molar-refractivity contribution in [1.29, 1.82) is 0 Å². The van der Waals surface area contributed by atoms with Gasteiger partial charge in [-0.3, -0.25) is 9.59 Å². The van der Waals surface area contributed by atoms with Crippen molar-refractivity contribution in [3.05, 3.63) is 99.5 Å². The molecule has 0 fully saturated rings. The molecule has 4 nitrogen and oxygen atoms in total. The molecular weight excluding hydrogens is 428 g/mol. The Morgan fingerprint density at radius 1 is 0.935 bits per heavy atom. The number of benzene rings is 3. The Morgan fingerprint density at radius 3 is 2.39 bits per heavy atom.